The first-order chi connectivity index (χ1) is 7.68. The molecule has 0 amide bonds. The van der Waals surface area contributed by atoms with E-state index in [9.17, 15) is 4.39 Å². The van der Waals surface area contributed by atoms with Gasteiger partial charge in [-0.3, -0.25) is 10.4 Å². The molecule has 2 aromatic heterocycles. The summed E-state index contributed by atoms with van der Waals surface area (Å²) in [4.78, 5) is 6.68. The number of amidine groups is 1. The van der Waals surface area contributed by atoms with E-state index in [0.29, 0.717) is 11.4 Å². The summed E-state index contributed by atoms with van der Waals surface area (Å²) >= 11 is 0. The van der Waals surface area contributed by atoms with Gasteiger partial charge in [0.2, 0.25) is 0 Å². The van der Waals surface area contributed by atoms with Crippen molar-refractivity contribution in [2.45, 2.75) is 6.92 Å². The molecule has 2 rings (SSSR count). The number of nitrogens with zero attached hydrogens (tertiary/aromatic N) is 1. The largest absolute Gasteiger partial charge is 0.359 e. The number of hydrogen-bond donors (Lipinski definition) is 3. The third kappa shape index (κ3) is 1.93. The SMILES string of the molecule is Cc1nccc(NC(=N)c2ccc[nH]2)c1F. The van der Waals surface area contributed by atoms with Crippen molar-refractivity contribution in [2.24, 2.45) is 0 Å². The number of H-pyrrole nitrogens is 1. The first-order valence-corrected chi connectivity index (χ1v) is 4.79. The number of aromatic nitrogens is 2. The van der Waals surface area contributed by atoms with Crippen LogP contribution in [0, 0.1) is 18.2 Å². The van der Waals surface area contributed by atoms with E-state index in [1.54, 1.807) is 25.3 Å². The number of pyridine rings is 1. The van der Waals surface area contributed by atoms with E-state index >= 15 is 0 Å². The normalized spacial score (nSPS) is 10.1. The summed E-state index contributed by atoms with van der Waals surface area (Å²) in [6.45, 7) is 1.58. The van der Waals surface area contributed by atoms with E-state index in [0.717, 1.165) is 0 Å². The van der Waals surface area contributed by atoms with Crippen molar-refractivity contribution in [3.8, 4) is 0 Å². The second-order valence-corrected chi connectivity index (χ2v) is 3.34. The quantitative estimate of drug-likeness (QED) is 0.535. The maximum atomic E-state index is 13.6. The summed E-state index contributed by atoms with van der Waals surface area (Å²) in [6.07, 6.45) is 3.21. The zero-order chi connectivity index (χ0) is 11.5. The highest BCUT2D eigenvalue weighted by molar-refractivity contribution is 6.04. The molecule has 3 N–H and O–H groups in total. The summed E-state index contributed by atoms with van der Waals surface area (Å²) in [5, 5.41) is 10.4. The second kappa shape index (κ2) is 4.14. The predicted octanol–water partition coefficient (Wildman–Crippen LogP) is 2.29. The van der Waals surface area contributed by atoms with Crippen molar-refractivity contribution < 1.29 is 4.39 Å². The van der Waals surface area contributed by atoms with E-state index in [4.69, 9.17) is 5.41 Å². The average Bonchev–Trinajstić information content (AvgIpc) is 2.78. The van der Waals surface area contributed by atoms with Gasteiger partial charge in [0.15, 0.2) is 5.82 Å². The smallest absolute Gasteiger partial charge is 0.167 e. The molecule has 0 bridgehead atoms. The van der Waals surface area contributed by atoms with Crippen LogP contribution in [0.4, 0.5) is 10.1 Å². The van der Waals surface area contributed by atoms with Gasteiger partial charge >= 0.3 is 0 Å². The molecule has 0 saturated carbocycles. The monoisotopic (exact) mass is 218 g/mol. The standard InChI is InChI=1S/C11H11FN4/c1-7-10(12)8(4-6-14-7)16-11(13)9-3-2-5-15-9/h2-6,15H,1H3,(H2,13,14,16). The van der Waals surface area contributed by atoms with Crippen LogP contribution in [-0.2, 0) is 0 Å². The fraction of sp³-hybridized carbons (Fsp3) is 0.0909. The molecule has 0 fully saturated rings. The van der Waals surface area contributed by atoms with Gasteiger partial charge < -0.3 is 10.3 Å². The predicted molar refractivity (Wildman–Crippen MR) is 60.2 cm³/mol. The van der Waals surface area contributed by atoms with E-state index in [2.05, 4.69) is 15.3 Å². The molecule has 0 atom stereocenters. The Balaban J connectivity index is 2.22. The molecule has 0 aliphatic heterocycles. The van der Waals surface area contributed by atoms with E-state index < -0.39 is 5.82 Å². The molecule has 16 heavy (non-hydrogen) atoms. The molecular weight excluding hydrogens is 207 g/mol. The van der Waals surface area contributed by atoms with E-state index in [-0.39, 0.29) is 11.5 Å². The van der Waals surface area contributed by atoms with Crippen LogP contribution in [0.5, 0.6) is 0 Å². The van der Waals surface area contributed by atoms with E-state index in [1.165, 1.54) is 12.3 Å². The number of aryl methyl sites for hydroxylation is 1. The molecule has 82 valence electrons. The maximum Gasteiger partial charge on any atom is 0.167 e. The molecule has 5 heteroatoms. The van der Waals surface area contributed by atoms with Crippen LogP contribution in [0.3, 0.4) is 0 Å². The van der Waals surface area contributed by atoms with E-state index in [1.807, 2.05) is 0 Å². The molecule has 0 spiro atoms. The molecule has 0 saturated heterocycles. The molecule has 2 aromatic rings. The van der Waals surface area contributed by atoms with Crippen LogP contribution in [0.25, 0.3) is 0 Å². The van der Waals surface area contributed by atoms with Crippen LogP contribution >= 0.6 is 0 Å². The van der Waals surface area contributed by atoms with Crippen molar-refractivity contribution in [3.63, 3.8) is 0 Å². The fourth-order valence-electron chi connectivity index (χ4n) is 1.33. The lowest BCUT2D eigenvalue weighted by Gasteiger charge is -2.08. The Morgan fingerprint density at radius 2 is 2.31 bits per heavy atom. The number of nitrogens with one attached hydrogen (secondary N) is 3. The molecule has 2 heterocycles. The Morgan fingerprint density at radius 1 is 1.50 bits per heavy atom. The Hall–Kier alpha value is -2.17. The molecule has 0 unspecified atom stereocenters. The Bertz CT molecular complexity index is 505. The minimum atomic E-state index is -0.432. The molecule has 0 aliphatic carbocycles. The summed E-state index contributed by atoms with van der Waals surface area (Å²) in [6, 6.07) is 5.01. The number of halogens is 1. The zero-order valence-electron chi connectivity index (χ0n) is 8.71. The van der Waals surface area contributed by atoms with Gasteiger partial charge in [-0.05, 0) is 25.1 Å². The maximum absolute atomic E-state index is 13.6. The lowest BCUT2D eigenvalue weighted by Crippen LogP contribution is -2.14. The molecule has 0 aromatic carbocycles. The highest BCUT2D eigenvalue weighted by Crippen LogP contribution is 2.15. The van der Waals surface area contributed by atoms with Crippen molar-refractivity contribution in [1.29, 1.82) is 5.41 Å². The third-order valence-electron chi connectivity index (χ3n) is 2.19. The fourth-order valence-corrected chi connectivity index (χ4v) is 1.33. The van der Waals surface area contributed by atoms with Crippen LogP contribution in [0.1, 0.15) is 11.4 Å². The van der Waals surface area contributed by atoms with Gasteiger partial charge in [0, 0.05) is 12.4 Å². The first-order valence-electron chi connectivity index (χ1n) is 4.79. The molecule has 0 radical (unpaired) electrons. The minimum absolute atomic E-state index is 0.120. The average molecular weight is 218 g/mol. The van der Waals surface area contributed by atoms with Crippen LogP contribution in [0.2, 0.25) is 0 Å². The minimum Gasteiger partial charge on any atom is -0.359 e. The Kier molecular flexibility index (Phi) is 2.68. The lowest BCUT2D eigenvalue weighted by atomic mass is 10.3. The summed E-state index contributed by atoms with van der Waals surface area (Å²) in [5.74, 6) is -0.312. The molecule has 4 nitrogen and oxygen atoms in total. The Labute approximate surface area is 92.0 Å². The first kappa shape index (κ1) is 10.4. The highest BCUT2D eigenvalue weighted by Gasteiger charge is 2.08. The second-order valence-electron chi connectivity index (χ2n) is 3.34. The van der Waals surface area contributed by atoms with Gasteiger partial charge in [0.1, 0.15) is 5.84 Å². The topological polar surface area (TPSA) is 64.6 Å². The van der Waals surface area contributed by atoms with Crippen molar-refractivity contribution in [3.05, 3.63) is 47.8 Å². The van der Waals surface area contributed by atoms with Gasteiger partial charge in [-0.15, -0.1) is 0 Å². The van der Waals surface area contributed by atoms with Gasteiger partial charge in [-0.25, -0.2) is 4.39 Å². The zero-order valence-corrected chi connectivity index (χ0v) is 8.71. The van der Waals surface area contributed by atoms with Crippen molar-refractivity contribution in [2.75, 3.05) is 5.32 Å². The van der Waals surface area contributed by atoms with Crippen molar-refractivity contribution >= 4 is 11.5 Å². The van der Waals surface area contributed by atoms with Crippen LogP contribution in [0.15, 0.2) is 30.6 Å². The molecule has 0 aliphatic rings. The van der Waals surface area contributed by atoms with Crippen LogP contribution < -0.4 is 5.32 Å². The van der Waals surface area contributed by atoms with Crippen LogP contribution in [-0.4, -0.2) is 15.8 Å². The van der Waals surface area contributed by atoms with Gasteiger partial charge in [-0.2, -0.15) is 0 Å². The van der Waals surface area contributed by atoms with Crippen molar-refractivity contribution in [1.82, 2.24) is 9.97 Å². The summed E-state index contributed by atoms with van der Waals surface area (Å²) in [5.41, 5.74) is 1.17. The Morgan fingerprint density at radius 3 is 3.00 bits per heavy atom. The molecular formula is C11H11FN4. The lowest BCUT2D eigenvalue weighted by molar-refractivity contribution is 0.614. The number of rotatable bonds is 2. The van der Waals surface area contributed by atoms with Gasteiger partial charge in [0.05, 0.1) is 17.1 Å². The number of hydrogen-bond acceptors (Lipinski definition) is 2. The summed E-state index contributed by atoms with van der Waals surface area (Å²) in [7, 11) is 0. The number of aromatic amines is 1. The third-order valence-corrected chi connectivity index (χ3v) is 2.19. The van der Waals surface area contributed by atoms with Gasteiger partial charge in [-0.1, -0.05) is 0 Å². The highest BCUT2D eigenvalue weighted by atomic mass is 19.1. The summed E-state index contributed by atoms with van der Waals surface area (Å²) < 4.78 is 13.6. The van der Waals surface area contributed by atoms with Gasteiger partial charge in [0.25, 0.3) is 0 Å². The number of anilines is 1.